The number of rotatable bonds is 5. The monoisotopic (exact) mass is 454 g/mol. The first-order chi connectivity index (χ1) is 11.2. The van der Waals surface area contributed by atoms with Crippen LogP contribution in [0, 0.1) is 12.0 Å². The first-order valence-corrected chi connectivity index (χ1v) is 8.60. The van der Waals surface area contributed by atoms with E-state index in [0.717, 1.165) is 6.42 Å². The van der Waals surface area contributed by atoms with Gasteiger partial charge in [-0.3, -0.25) is 0 Å². The van der Waals surface area contributed by atoms with Crippen molar-refractivity contribution in [2.45, 2.75) is 39.0 Å². The van der Waals surface area contributed by atoms with Gasteiger partial charge >= 0.3 is 21.7 Å². The van der Waals surface area contributed by atoms with Gasteiger partial charge in [0.1, 0.15) is 0 Å². The predicted octanol–water partition coefficient (Wildman–Crippen LogP) is -2.89. The number of halogens is 3. The summed E-state index contributed by atoms with van der Waals surface area (Å²) in [7, 11) is 0. The van der Waals surface area contributed by atoms with Crippen molar-refractivity contribution in [1.29, 1.82) is 0 Å². The minimum absolute atomic E-state index is 0. The van der Waals surface area contributed by atoms with Crippen LogP contribution in [-0.4, -0.2) is 0 Å². The second-order valence-electron chi connectivity index (χ2n) is 6.63. The molecule has 1 aliphatic rings. The average molecular weight is 456 g/mol. The van der Waals surface area contributed by atoms with E-state index >= 15 is 0 Å². The van der Waals surface area contributed by atoms with Gasteiger partial charge in [-0.15, -0.1) is 0 Å². The maximum Gasteiger partial charge on any atom is 4.00 e. The Morgan fingerprint density at radius 3 is 1.74 bits per heavy atom. The SMILES string of the molecule is CCC(C)C1=CCC(C(C)(c2ccccc2)c2ccccc2)=[C-]1.[Cl-].[Cl-].[Cl-].[Ti+4]. The standard InChI is InChI=1S/C23H25.3ClH.Ti/c1-4-18(2)19-15-16-22(17-19)23(3,20-11-7-5-8-12-20)21-13-9-6-10-14-21;;;;/h5-15,18H,4,16H2,1-3H3;3*1H;/q-1;;;;+4/p-3. The maximum atomic E-state index is 3.76. The Kier molecular flexibility index (Phi) is 13.7. The molecule has 1 unspecified atom stereocenters. The first-order valence-electron chi connectivity index (χ1n) is 8.60. The van der Waals surface area contributed by atoms with Crippen LogP contribution < -0.4 is 37.2 Å². The van der Waals surface area contributed by atoms with Gasteiger partial charge in [0.25, 0.3) is 0 Å². The van der Waals surface area contributed by atoms with Crippen molar-refractivity contribution >= 4 is 0 Å². The molecule has 0 amide bonds. The summed E-state index contributed by atoms with van der Waals surface area (Å²) in [5, 5.41) is 0. The van der Waals surface area contributed by atoms with Gasteiger partial charge in [-0.1, -0.05) is 93.3 Å². The molecule has 0 bridgehead atoms. The quantitative estimate of drug-likeness (QED) is 0.336. The van der Waals surface area contributed by atoms with E-state index in [-0.39, 0.29) is 64.4 Å². The third-order valence-electron chi connectivity index (χ3n) is 5.27. The van der Waals surface area contributed by atoms with Gasteiger partial charge in [-0.25, -0.2) is 17.7 Å². The number of hydrogen-bond acceptors (Lipinski definition) is 0. The van der Waals surface area contributed by atoms with E-state index in [1.165, 1.54) is 28.7 Å². The fraction of sp³-hybridized carbons (Fsp3) is 0.304. The van der Waals surface area contributed by atoms with Crippen LogP contribution in [0.4, 0.5) is 0 Å². The fourth-order valence-electron chi connectivity index (χ4n) is 3.42. The van der Waals surface area contributed by atoms with Crippen molar-refractivity contribution in [3.8, 4) is 0 Å². The molecule has 0 N–H and O–H groups in total. The Labute approximate surface area is 198 Å². The normalized spacial score (nSPS) is 13.6. The van der Waals surface area contributed by atoms with Crippen molar-refractivity contribution in [3.63, 3.8) is 0 Å². The second kappa shape index (κ2) is 12.9. The molecule has 4 heteroatoms. The zero-order valence-electron chi connectivity index (χ0n) is 16.0. The van der Waals surface area contributed by atoms with Crippen LogP contribution in [-0.2, 0) is 27.1 Å². The fourth-order valence-corrected chi connectivity index (χ4v) is 3.42. The molecule has 0 fully saturated rings. The van der Waals surface area contributed by atoms with Crippen LogP contribution in [0.3, 0.4) is 0 Å². The third kappa shape index (κ3) is 5.99. The van der Waals surface area contributed by atoms with Crippen LogP contribution in [0.25, 0.3) is 0 Å². The molecular weight excluding hydrogens is 430 g/mol. The zero-order valence-corrected chi connectivity index (χ0v) is 19.8. The summed E-state index contributed by atoms with van der Waals surface area (Å²) < 4.78 is 0. The first kappa shape index (κ1) is 28.7. The number of allylic oxidation sites excluding steroid dienone is 4. The molecular formula is C23H25Cl3Ti. The Bertz CT molecular complexity index is 684. The summed E-state index contributed by atoms with van der Waals surface area (Å²) >= 11 is 0. The number of hydrogen-bond donors (Lipinski definition) is 0. The van der Waals surface area contributed by atoms with Gasteiger partial charge < -0.3 is 37.2 Å². The van der Waals surface area contributed by atoms with Gasteiger partial charge in [0, 0.05) is 5.41 Å². The van der Waals surface area contributed by atoms with Crippen molar-refractivity contribution in [1.82, 2.24) is 0 Å². The summed E-state index contributed by atoms with van der Waals surface area (Å²) in [4.78, 5) is 0. The van der Waals surface area contributed by atoms with Crippen LogP contribution >= 0.6 is 0 Å². The Hall–Kier alpha value is -0.496. The van der Waals surface area contributed by atoms with E-state index in [0.29, 0.717) is 5.92 Å². The van der Waals surface area contributed by atoms with Crippen LogP contribution in [0.5, 0.6) is 0 Å². The summed E-state index contributed by atoms with van der Waals surface area (Å²) in [6.07, 6.45) is 8.29. The summed E-state index contributed by atoms with van der Waals surface area (Å²) in [6, 6.07) is 21.7. The molecule has 0 spiro atoms. The van der Waals surface area contributed by atoms with E-state index in [9.17, 15) is 0 Å². The smallest absolute Gasteiger partial charge is 1.00 e. The third-order valence-corrected chi connectivity index (χ3v) is 5.27. The van der Waals surface area contributed by atoms with Gasteiger partial charge in [-0.2, -0.15) is 5.57 Å². The molecule has 0 aliphatic heterocycles. The summed E-state index contributed by atoms with van der Waals surface area (Å²) in [5.74, 6) is 0.586. The molecule has 0 saturated carbocycles. The zero-order chi connectivity index (χ0) is 16.3. The van der Waals surface area contributed by atoms with E-state index in [4.69, 9.17) is 0 Å². The van der Waals surface area contributed by atoms with Crippen LogP contribution in [0.15, 0.2) is 77.9 Å². The van der Waals surface area contributed by atoms with Crippen molar-refractivity contribution < 1.29 is 58.9 Å². The molecule has 1 aliphatic carbocycles. The largest absolute Gasteiger partial charge is 4.00 e. The van der Waals surface area contributed by atoms with Gasteiger partial charge in [0.15, 0.2) is 0 Å². The Morgan fingerprint density at radius 2 is 1.33 bits per heavy atom. The van der Waals surface area contributed by atoms with Gasteiger partial charge in [-0.05, 0) is 18.1 Å². The molecule has 2 aromatic rings. The predicted molar refractivity (Wildman–Crippen MR) is 98.2 cm³/mol. The molecule has 0 heterocycles. The molecule has 0 radical (unpaired) electrons. The molecule has 142 valence electrons. The second-order valence-corrected chi connectivity index (χ2v) is 6.63. The topological polar surface area (TPSA) is 0 Å². The van der Waals surface area contributed by atoms with Crippen molar-refractivity contribution in [2.75, 3.05) is 0 Å². The van der Waals surface area contributed by atoms with Gasteiger partial charge in [0.2, 0.25) is 0 Å². The maximum absolute atomic E-state index is 3.76. The molecule has 3 rings (SSSR count). The Balaban J connectivity index is 0. The van der Waals surface area contributed by atoms with Crippen LogP contribution in [0.2, 0.25) is 0 Å². The molecule has 0 aromatic heterocycles. The molecule has 1 atom stereocenters. The molecule has 0 saturated heterocycles. The van der Waals surface area contributed by atoms with E-state index in [1.807, 2.05) is 0 Å². The van der Waals surface area contributed by atoms with Crippen molar-refractivity contribution in [2.24, 2.45) is 5.92 Å². The molecule has 2 aromatic carbocycles. The minimum Gasteiger partial charge on any atom is -1.00 e. The summed E-state index contributed by atoms with van der Waals surface area (Å²) in [5.41, 5.74) is 5.32. The van der Waals surface area contributed by atoms with Crippen molar-refractivity contribution in [3.05, 3.63) is 95.1 Å². The average Bonchev–Trinajstić information content (AvgIpc) is 3.12. The van der Waals surface area contributed by atoms with E-state index in [1.54, 1.807) is 0 Å². The van der Waals surface area contributed by atoms with E-state index in [2.05, 4.69) is 93.6 Å². The summed E-state index contributed by atoms with van der Waals surface area (Å²) in [6.45, 7) is 6.89. The molecule has 0 nitrogen and oxygen atoms in total. The van der Waals surface area contributed by atoms with Gasteiger partial charge in [0.05, 0.1) is 0 Å². The Morgan fingerprint density at radius 1 is 0.889 bits per heavy atom. The number of benzene rings is 2. The van der Waals surface area contributed by atoms with Crippen LogP contribution in [0.1, 0.15) is 44.7 Å². The molecule has 27 heavy (non-hydrogen) atoms. The van der Waals surface area contributed by atoms with E-state index < -0.39 is 0 Å². The minimum atomic E-state index is -0.117.